The zero-order valence-electron chi connectivity index (χ0n) is 19.0. The second-order valence-electron chi connectivity index (χ2n) is 7.27. The van der Waals surface area contributed by atoms with E-state index in [0.29, 0.717) is 23.9 Å². The number of carbonyl (C=O) groups excluding carboxylic acids is 1. The van der Waals surface area contributed by atoms with Crippen molar-refractivity contribution in [3.63, 3.8) is 0 Å². The molecule has 2 aromatic heterocycles. The van der Waals surface area contributed by atoms with E-state index in [4.69, 9.17) is 0 Å². The van der Waals surface area contributed by atoms with E-state index in [1.807, 2.05) is 13.0 Å². The average Bonchev–Trinajstić information content (AvgIpc) is 3.24. The normalized spacial score (nSPS) is 11.2. The summed E-state index contributed by atoms with van der Waals surface area (Å²) in [7, 11) is -3.72. The quantitative estimate of drug-likeness (QED) is 0.397. The van der Waals surface area contributed by atoms with Crippen molar-refractivity contribution in [2.75, 3.05) is 28.0 Å². The number of rotatable bonds is 10. The summed E-state index contributed by atoms with van der Waals surface area (Å²) in [6, 6.07) is 12.1. The van der Waals surface area contributed by atoms with Gasteiger partial charge in [0.2, 0.25) is 5.91 Å². The maximum Gasteiger partial charge on any atom is 0.271 e. The van der Waals surface area contributed by atoms with Gasteiger partial charge >= 0.3 is 0 Å². The largest absolute Gasteiger partial charge is 0.357 e. The molecular formula is C22H28N6O3S2. The Labute approximate surface area is 198 Å². The highest BCUT2D eigenvalue weighted by Gasteiger charge is 2.17. The molecule has 0 spiro atoms. The lowest BCUT2D eigenvalue weighted by atomic mass is 10.3. The van der Waals surface area contributed by atoms with Crippen molar-refractivity contribution in [3.05, 3.63) is 53.2 Å². The van der Waals surface area contributed by atoms with E-state index in [9.17, 15) is 13.2 Å². The summed E-state index contributed by atoms with van der Waals surface area (Å²) in [5, 5.41) is 5.91. The highest BCUT2D eigenvalue weighted by atomic mass is 32.2. The van der Waals surface area contributed by atoms with Crippen molar-refractivity contribution in [3.8, 4) is 0 Å². The smallest absolute Gasteiger partial charge is 0.271 e. The number of anilines is 4. The number of thiophene rings is 1. The second-order valence-corrected chi connectivity index (χ2v) is 10.3. The number of hydrogen-bond acceptors (Lipinski definition) is 8. The van der Waals surface area contributed by atoms with Crippen molar-refractivity contribution >= 4 is 50.3 Å². The molecule has 3 rings (SSSR count). The molecule has 9 nitrogen and oxygen atoms in total. The summed E-state index contributed by atoms with van der Waals surface area (Å²) in [4.78, 5) is 22.9. The van der Waals surface area contributed by atoms with Crippen molar-refractivity contribution < 1.29 is 13.2 Å². The molecule has 1 aromatic carbocycles. The SMILES string of the molecule is CCN(CC)c1cc(Nc2ccc(NS(=O)(=O)c3ccc(CNC(C)=O)s3)cc2)nc(C)n1. The Hall–Kier alpha value is -3.18. The predicted molar refractivity (Wildman–Crippen MR) is 133 cm³/mol. The monoisotopic (exact) mass is 488 g/mol. The molecule has 0 radical (unpaired) electrons. The third-order valence-corrected chi connectivity index (χ3v) is 7.69. The van der Waals surface area contributed by atoms with E-state index in [1.54, 1.807) is 30.3 Å². The van der Waals surface area contributed by atoms with E-state index in [-0.39, 0.29) is 10.1 Å². The van der Waals surface area contributed by atoms with Crippen LogP contribution in [-0.2, 0) is 21.4 Å². The number of amides is 1. The molecule has 0 unspecified atom stereocenters. The molecule has 0 aliphatic carbocycles. The standard InChI is InChI=1S/C22H28N6O3S2/c1-5-28(6-2)21-13-20(24-15(3)25-21)26-17-7-9-18(10-8-17)27-33(30,31)22-12-11-19(32-22)14-23-16(4)29/h7-13,27H,5-6,14H2,1-4H3,(H,23,29)(H,24,25,26). The van der Waals surface area contributed by atoms with Crippen LogP contribution in [0.3, 0.4) is 0 Å². The van der Waals surface area contributed by atoms with Gasteiger partial charge in [-0.15, -0.1) is 11.3 Å². The summed E-state index contributed by atoms with van der Waals surface area (Å²) in [5.41, 5.74) is 1.22. The Kier molecular flexibility index (Phi) is 7.88. The van der Waals surface area contributed by atoms with Gasteiger partial charge < -0.3 is 15.5 Å². The fraction of sp³-hybridized carbons (Fsp3) is 0.318. The minimum absolute atomic E-state index is 0.166. The van der Waals surface area contributed by atoms with Crippen LogP contribution in [0.4, 0.5) is 23.0 Å². The van der Waals surface area contributed by atoms with Gasteiger partial charge in [0.1, 0.15) is 21.7 Å². The summed E-state index contributed by atoms with van der Waals surface area (Å²) >= 11 is 1.12. The van der Waals surface area contributed by atoms with Crippen LogP contribution in [0.2, 0.25) is 0 Å². The summed E-state index contributed by atoms with van der Waals surface area (Å²) in [6.45, 7) is 9.42. The fourth-order valence-electron chi connectivity index (χ4n) is 3.11. The van der Waals surface area contributed by atoms with Crippen LogP contribution in [0.5, 0.6) is 0 Å². The molecule has 3 N–H and O–H groups in total. The minimum Gasteiger partial charge on any atom is -0.357 e. The van der Waals surface area contributed by atoms with Crippen LogP contribution in [0.1, 0.15) is 31.5 Å². The zero-order valence-corrected chi connectivity index (χ0v) is 20.7. The van der Waals surface area contributed by atoms with Gasteiger partial charge in [-0.25, -0.2) is 18.4 Å². The van der Waals surface area contributed by atoms with Crippen molar-refractivity contribution in [1.82, 2.24) is 15.3 Å². The maximum absolute atomic E-state index is 12.7. The summed E-state index contributed by atoms with van der Waals surface area (Å²) in [5.74, 6) is 2.03. The first-order valence-corrected chi connectivity index (χ1v) is 12.8. The molecule has 1 amide bonds. The summed E-state index contributed by atoms with van der Waals surface area (Å²) < 4.78 is 28.2. The molecule has 0 saturated heterocycles. The highest BCUT2D eigenvalue weighted by molar-refractivity contribution is 7.94. The number of hydrogen-bond donors (Lipinski definition) is 3. The predicted octanol–water partition coefficient (Wildman–Crippen LogP) is 3.87. The van der Waals surface area contributed by atoms with Gasteiger partial charge in [0.15, 0.2) is 0 Å². The summed E-state index contributed by atoms with van der Waals surface area (Å²) in [6.07, 6.45) is 0. The molecule has 0 aliphatic rings. The molecule has 0 aliphatic heterocycles. The van der Waals surface area contributed by atoms with Gasteiger partial charge in [-0.05, 0) is 57.2 Å². The average molecular weight is 489 g/mol. The van der Waals surface area contributed by atoms with Crippen LogP contribution in [0, 0.1) is 6.92 Å². The van der Waals surface area contributed by atoms with Gasteiger partial charge in [0, 0.05) is 42.3 Å². The van der Waals surface area contributed by atoms with Gasteiger partial charge in [-0.3, -0.25) is 9.52 Å². The topological polar surface area (TPSA) is 116 Å². The molecule has 176 valence electrons. The number of aryl methyl sites for hydroxylation is 1. The van der Waals surface area contributed by atoms with Crippen LogP contribution < -0.4 is 20.3 Å². The van der Waals surface area contributed by atoms with Gasteiger partial charge in [0.25, 0.3) is 10.0 Å². The second kappa shape index (κ2) is 10.6. The Morgan fingerprint density at radius 1 is 1.03 bits per heavy atom. The lowest BCUT2D eigenvalue weighted by Gasteiger charge is -2.20. The van der Waals surface area contributed by atoms with E-state index in [2.05, 4.69) is 44.1 Å². The Bertz CT molecular complexity index is 1210. The Morgan fingerprint density at radius 3 is 2.33 bits per heavy atom. The Morgan fingerprint density at radius 2 is 1.70 bits per heavy atom. The number of benzene rings is 1. The molecular weight excluding hydrogens is 460 g/mol. The van der Waals surface area contributed by atoms with Crippen molar-refractivity contribution in [1.29, 1.82) is 0 Å². The zero-order chi connectivity index (χ0) is 24.0. The molecule has 2 heterocycles. The molecule has 33 heavy (non-hydrogen) atoms. The maximum atomic E-state index is 12.7. The first-order chi connectivity index (χ1) is 15.7. The van der Waals surface area contributed by atoms with Crippen molar-refractivity contribution in [2.24, 2.45) is 0 Å². The molecule has 0 saturated carbocycles. The molecule has 11 heteroatoms. The van der Waals surface area contributed by atoms with E-state index in [0.717, 1.165) is 40.8 Å². The lowest BCUT2D eigenvalue weighted by molar-refractivity contribution is -0.119. The first-order valence-electron chi connectivity index (χ1n) is 10.5. The third kappa shape index (κ3) is 6.65. The number of carbonyl (C=O) groups is 1. The number of aromatic nitrogens is 2. The molecule has 0 atom stereocenters. The lowest BCUT2D eigenvalue weighted by Crippen LogP contribution is -2.23. The minimum atomic E-state index is -3.72. The van der Waals surface area contributed by atoms with Crippen LogP contribution in [0.25, 0.3) is 0 Å². The van der Waals surface area contributed by atoms with Gasteiger partial charge in [-0.1, -0.05) is 0 Å². The van der Waals surface area contributed by atoms with Crippen LogP contribution in [-0.4, -0.2) is 37.4 Å². The highest BCUT2D eigenvalue weighted by Crippen LogP contribution is 2.26. The van der Waals surface area contributed by atoms with E-state index < -0.39 is 10.0 Å². The van der Waals surface area contributed by atoms with Gasteiger partial charge in [-0.2, -0.15) is 0 Å². The van der Waals surface area contributed by atoms with E-state index >= 15 is 0 Å². The first kappa shape index (κ1) is 24.5. The van der Waals surface area contributed by atoms with Crippen molar-refractivity contribution in [2.45, 2.75) is 38.4 Å². The van der Waals surface area contributed by atoms with E-state index in [1.165, 1.54) is 13.0 Å². The number of nitrogens with one attached hydrogen (secondary N) is 3. The fourth-order valence-corrected chi connectivity index (χ4v) is 5.46. The number of sulfonamides is 1. The Balaban J connectivity index is 1.69. The molecule has 0 bridgehead atoms. The molecule has 0 fully saturated rings. The van der Waals surface area contributed by atoms with Crippen LogP contribution >= 0.6 is 11.3 Å². The van der Waals surface area contributed by atoms with Gasteiger partial charge in [0.05, 0.1) is 6.54 Å². The van der Waals surface area contributed by atoms with Crippen LogP contribution in [0.15, 0.2) is 46.7 Å². The number of nitrogens with zero attached hydrogens (tertiary/aromatic N) is 3. The molecule has 3 aromatic rings. The third-order valence-electron chi connectivity index (χ3n) is 4.73.